The number of aromatic amines is 1. The Morgan fingerprint density at radius 3 is 2.74 bits per heavy atom. The number of nitrogens with one attached hydrogen (secondary N) is 1. The summed E-state index contributed by atoms with van der Waals surface area (Å²) >= 11 is 1.40. The van der Waals surface area contributed by atoms with Crippen molar-refractivity contribution < 1.29 is 4.39 Å². The van der Waals surface area contributed by atoms with Crippen LogP contribution in [0.2, 0.25) is 0 Å². The van der Waals surface area contributed by atoms with Crippen molar-refractivity contribution in [3.8, 4) is 28.0 Å². The van der Waals surface area contributed by atoms with Crippen molar-refractivity contribution in [3.05, 3.63) is 41.2 Å². The molecule has 1 aromatic carbocycles. The van der Waals surface area contributed by atoms with Crippen LogP contribution in [0.3, 0.4) is 0 Å². The maximum atomic E-state index is 12.9. The van der Waals surface area contributed by atoms with Gasteiger partial charge in [-0.25, -0.2) is 9.37 Å². The first-order valence-corrected chi connectivity index (χ1v) is 6.18. The molecule has 0 aliphatic rings. The number of nitrogens with zero attached hydrogens (tertiary/aromatic N) is 4. The van der Waals surface area contributed by atoms with Gasteiger partial charge in [-0.2, -0.15) is 15.6 Å². The van der Waals surface area contributed by atoms with Crippen LogP contribution in [0.1, 0.15) is 5.69 Å². The van der Waals surface area contributed by atoms with Crippen LogP contribution in [0.5, 0.6) is 0 Å². The van der Waals surface area contributed by atoms with Crippen LogP contribution in [-0.4, -0.2) is 20.4 Å². The number of hydrogen-bond acceptors (Lipinski definition) is 5. The number of benzene rings is 1. The molecule has 0 aliphatic heterocycles. The molecule has 1 N–H and O–H groups in total. The molecule has 0 saturated carbocycles. The molecule has 0 radical (unpaired) electrons. The second kappa shape index (κ2) is 4.59. The second-order valence-corrected chi connectivity index (χ2v) is 4.54. The molecule has 2 aromatic heterocycles. The van der Waals surface area contributed by atoms with Gasteiger partial charge in [0.05, 0.1) is 0 Å². The van der Waals surface area contributed by atoms with E-state index in [0.717, 1.165) is 10.6 Å². The van der Waals surface area contributed by atoms with Crippen molar-refractivity contribution in [1.82, 2.24) is 20.4 Å². The lowest BCUT2D eigenvalue weighted by atomic mass is 10.2. The Labute approximate surface area is 111 Å². The van der Waals surface area contributed by atoms with Crippen LogP contribution in [0, 0.1) is 17.1 Å². The lowest BCUT2D eigenvalue weighted by Crippen LogP contribution is -1.83. The molecule has 0 atom stereocenters. The molecule has 3 aromatic rings. The zero-order valence-corrected chi connectivity index (χ0v) is 10.3. The van der Waals surface area contributed by atoms with Crippen molar-refractivity contribution in [2.75, 3.05) is 0 Å². The molecule has 3 rings (SSSR count). The number of halogens is 1. The molecule has 0 saturated heterocycles. The average Bonchev–Trinajstić information content (AvgIpc) is 3.07. The minimum atomic E-state index is -0.288. The summed E-state index contributed by atoms with van der Waals surface area (Å²) in [5.74, 6) is -0.288. The van der Waals surface area contributed by atoms with Gasteiger partial charge in [-0.1, -0.05) is 0 Å². The summed E-state index contributed by atoms with van der Waals surface area (Å²) in [5, 5.41) is 21.4. The molecule has 19 heavy (non-hydrogen) atoms. The molecule has 0 amide bonds. The van der Waals surface area contributed by atoms with Gasteiger partial charge in [-0.3, -0.25) is 0 Å². The molecular weight excluding hydrogens is 265 g/mol. The molecule has 0 bridgehead atoms. The van der Waals surface area contributed by atoms with E-state index >= 15 is 0 Å². The van der Waals surface area contributed by atoms with E-state index in [0.29, 0.717) is 11.4 Å². The van der Waals surface area contributed by atoms with Gasteiger partial charge >= 0.3 is 0 Å². The van der Waals surface area contributed by atoms with Crippen molar-refractivity contribution in [2.24, 2.45) is 0 Å². The molecule has 92 valence electrons. The van der Waals surface area contributed by atoms with Crippen LogP contribution in [0.15, 0.2) is 29.6 Å². The fourth-order valence-electron chi connectivity index (χ4n) is 1.59. The van der Waals surface area contributed by atoms with E-state index in [1.807, 2.05) is 6.07 Å². The van der Waals surface area contributed by atoms with Crippen LogP contribution < -0.4 is 0 Å². The van der Waals surface area contributed by atoms with Gasteiger partial charge in [0.25, 0.3) is 0 Å². The highest BCUT2D eigenvalue weighted by Gasteiger charge is 2.14. The molecule has 5 nitrogen and oxygen atoms in total. The number of H-pyrrole nitrogens is 1. The number of nitriles is 1. The maximum Gasteiger partial charge on any atom is 0.192 e. The number of aromatic nitrogens is 4. The molecule has 7 heteroatoms. The highest BCUT2D eigenvalue weighted by molar-refractivity contribution is 7.13. The summed E-state index contributed by atoms with van der Waals surface area (Å²) < 4.78 is 12.9. The first kappa shape index (κ1) is 11.5. The Bertz CT molecular complexity index is 753. The molecule has 0 aliphatic carbocycles. The third-order valence-corrected chi connectivity index (χ3v) is 3.38. The Kier molecular flexibility index (Phi) is 2.78. The number of thiazole rings is 1. The molecule has 0 spiro atoms. The largest absolute Gasteiger partial charge is 0.234 e. The molecule has 2 heterocycles. The topological polar surface area (TPSA) is 78.2 Å². The second-order valence-electron chi connectivity index (χ2n) is 3.68. The van der Waals surface area contributed by atoms with Crippen LogP contribution in [0.25, 0.3) is 22.0 Å². The molecule has 0 unspecified atom stereocenters. The van der Waals surface area contributed by atoms with E-state index in [1.54, 1.807) is 17.5 Å². The highest BCUT2D eigenvalue weighted by atomic mass is 32.1. The van der Waals surface area contributed by atoms with E-state index in [1.165, 1.54) is 23.5 Å². The van der Waals surface area contributed by atoms with E-state index < -0.39 is 0 Å². The summed E-state index contributed by atoms with van der Waals surface area (Å²) in [6, 6.07) is 8.02. The summed E-state index contributed by atoms with van der Waals surface area (Å²) in [6.45, 7) is 0. The lowest BCUT2D eigenvalue weighted by molar-refractivity contribution is 0.628. The van der Waals surface area contributed by atoms with Crippen LogP contribution >= 0.6 is 11.3 Å². The summed E-state index contributed by atoms with van der Waals surface area (Å²) in [7, 11) is 0. The van der Waals surface area contributed by atoms with Gasteiger partial charge in [-0.05, 0) is 24.3 Å². The van der Waals surface area contributed by atoms with E-state index in [9.17, 15) is 4.39 Å². The van der Waals surface area contributed by atoms with Gasteiger partial charge in [-0.15, -0.1) is 16.4 Å². The zero-order valence-electron chi connectivity index (χ0n) is 9.46. The minimum absolute atomic E-state index is 0.205. The monoisotopic (exact) mass is 271 g/mol. The first-order chi connectivity index (χ1) is 9.28. The van der Waals surface area contributed by atoms with Crippen molar-refractivity contribution in [1.29, 1.82) is 5.26 Å². The number of rotatable bonds is 2. The maximum absolute atomic E-state index is 12.9. The zero-order chi connectivity index (χ0) is 13.2. The van der Waals surface area contributed by atoms with Crippen molar-refractivity contribution in [3.63, 3.8) is 0 Å². The van der Waals surface area contributed by atoms with Gasteiger partial charge in [0.15, 0.2) is 5.69 Å². The third kappa shape index (κ3) is 2.09. The first-order valence-electron chi connectivity index (χ1n) is 5.30. The highest BCUT2D eigenvalue weighted by Crippen LogP contribution is 2.28. The SMILES string of the molecule is N#Cc1n[nH]nc1-c1csc(-c2ccc(F)cc2)n1. The van der Waals surface area contributed by atoms with Crippen molar-refractivity contribution >= 4 is 11.3 Å². The van der Waals surface area contributed by atoms with Crippen molar-refractivity contribution in [2.45, 2.75) is 0 Å². The standard InChI is InChI=1S/C12H6FN5S/c13-8-3-1-7(2-4-8)12-15-10(6-19-12)11-9(5-14)16-18-17-11/h1-4,6H,(H,16,17,18). The predicted molar refractivity (Wildman–Crippen MR) is 67.6 cm³/mol. The van der Waals surface area contributed by atoms with E-state index in [2.05, 4.69) is 20.4 Å². The van der Waals surface area contributed by atoms with E-state index in [4.69, 9.17) is 5.26 Å². The van der Waals surface area contributed by atoms with Gasteiger partial charge in [0, 0.05) is 10.9 Å². The van der Waals surface area contributed by atoms with Gasteiger partial charge < -0.3 is 0 Å². The Morgan fingerprint density at radius 2 is 2.00 bits per heavy atom. The van der Waals surface area contributed by atoms with Crippen LogP contribution in [-0.2, 0) is 0 Å². The average molecular weight is 271 g/mol. The quantitative estimate of drug-likeness (QED) is 0.777. The lowest BCUT2D eigenvalue weighted by Gasteiger charge is -1.94. The predicted octanol–water partition coefficient (Wildman–Crippen LogP) is 2.61. The van der Waals surface area contributed by atoms with Gasteiger partial charge in [0.1, 0.15) is 28.3 Å². The number of hydrogen-bond donors (Lipinski definition) is 1. The third-order valence-electron chi connectivity index (χ3n) is 2.49. The summed E-state index contributed by atoms with van der Waals surface area (Å²) in [5.41, 5.74) is 2.03. The van der Waals surface area contributed by atoms with Gasteiger partial charge in [0.2, 0.25) is 0 Å². The Morgan fingerprint density at radius 1 is 1.21 bits per heavy atom. The Hall–Kier alpha value is -2.59. The van der Waals surface area contributed by atoms with E-state index in [-0.39, 0.29) is 11.5 Å². The smallest absolute Gasteiger partial charge is 0.192 e. The fraction of sp³-hybridized carbons (Fsp3) is 0. The normalized spacial score (nSPS) is 10.3. The minimum Gasteiger partial charge on any atom is -0.234 e. The summed E-state index contributed by atoms with van der Waals surface area (Å²) in [6.07, 6.45) is 0. The molecular formula is C12H6FN5S. The Balaban J connectivity index is 2.00. The molecule has 0 fully saturated rings. The summed E-state index contributed by atoms with van der Waals surface area (Å²) in [4.78, 5) is 4.38. The van der Waals surface area contributed by atoms with Crippen LogP contribution in [0.4, 0.5) is 4.39 Å². The fourth-order valence-corrected chi connectivity index (χ4v) is 2.41.